The minimum absolute atomic E-state index is 0.0347. The van der Waals surface area contributed by atoms with Crippen LogP contribution in [-0.4, -0.2) is 39.5 Å². The molecule has 3 rings (SSSR count). The molecule has 1 saturated heterocycles. The second-order valence-corrected chi connectivity index (χ2v) is 8.06. The highest BCUT2D eigenvalue weighted by atomic mass is 32.2. The second kappa shape index (κ2) is 8.96. The first-order valence-corrected chi connectivity index (χ1v) is 10.3. The van der Waals surface area contributed by atoms with Crippen LogP contribution >= 0.6 is 0 Å². The molecule has 8 nitrogen and oxygen atoms in total. The Kier molecular flexibility index (Phi) is 6.40. The Morgan fingerprint density at radius 3 is 2.32 bits per heavy atom. The van der Waals surface area contributed by atoms with E-state index in [2.05, 4.69) is 15.6 Å². The minimum atomic E-state index is -3.78. The molecule has 0 aliphatic carbocycles. The third-order valence-electron chi connectivity index (χ3n) is 4.26. The maximum Gasteiger partial charge on any atom is 0.269 e. The van der Waals surface area contributed by atoms with Crippen molar-refractivity contribution in [3.63, 3.8) is 0 Å². The van der Waals surface area contributed by atoms with Crippen LogP contribution in [0.4, 0.5) is 0 Å². The van der Waals surface area contributed by atoms with Gasteiger partial charge in [-0.3, -0.25) is 20.4 Å². The monoisotopic (exact) mass is 403 g/mol. The summed E-state index contributed by atoms with van der Waals surface area (Å²) < 4.78 is 32.8. The summed E-state index contributed by atoms with van der Waals surface area (Å²) >= 11 is 0. The first-order valence-electron chi connectivity index (χ1n) is 8.83. The van der Waals surface area contributed by atoms with E-state index in [-0.39, 0.29) is 23.1 Å². The van der Waals surface area contributed by atoms with Crippen molar-refractivity contribution in [1.82, 2.24) is 15.6 Å². The molecular weight excluding hydrogens is 382 g/mol. The average Bonchev–Trinajstić information content (AvgIpc) is 3.25. The van der Waals surface area contributed by atoms with E-state index >= 15 is 0 Å². The van der Waals surface area contributed by atoms with Crippen molar-refractivity contribution in [2.75, 3.05) is 13.2 Å². The van der Waals surface area contributed by atoms with E-state index in [1.807, 2.05) is 0 Å². The second-order valence-electron chi connectivity index (χ2n) is 6.29. The fourth-order valence-electron chi connectivity index (χ4n) is 2.74. The lowest BCUT2D eigenvalue weighted by Crippen LogP contribution is -2.41. The van der Waals surface area contributed by atoms with Crippen molar-refractivity contribution >= 4 is 21.8 Å². The van der Waals surface area contributed by atoms with Crippen LogP contribution in [0.5, 0.6) is 0 Å². The van der Waals surface area contributed by atoms with Gasteiger partial charge in [-0.2, -0.15) is 0 Å². The number of nitrogens with one attached hydrogen (secondary N) is 3. The molecule has 0 bridgehead atoms. The Morgan fingerprint density at radius 2 is 1.64 bits per heavy atom. The van der Waals surface area contributed by atoms with Gasteiger partial charge in [0.15, 0.2) is 0 Å². The van der Waals surface area contributed by atoms with Crippen LogP contribution < -0.4 is 15.6 Å². The molecule has 1 fully saturated rings. The van der Waals surface area contributed by atoms with Gasteiger partial charge in [0.05, 0.1) is 11.0 Å². The van der Waals surface area contributed by atoms with Gasteiger partial charge in [0.25, 0.3) is 11.8 Å². The normalized spacial score (nSPS) is 16.5. The summed E-state index contributed by atoms with van der Waals surface area (Å²) in [6, 6.07) is 14.0. The zero-order valence-electron chi connectivity index (χ0n) is 15.1. The zero-order valence-corrected chi connectivity index (χ0v) is 15.9. The Bertz CT molecular complexity index is 941. The van der Waals surface area contributed by atoms with Gasteiger partial charge in [-0.1, -0.05) is 24.3 Å². The van der Waals surface area contributed by atoms with E-state index in [1.165, 1.54) is 24.3 Å². The summed E-state index contributed by atoms with van der Waals surface area (Å²) in [6.45, 7) is 0.822. The molecule has 0 spiro atoms. The number of hydrogen-bond donors (Lipinski definition) is 3. The van der Waals surface area contributed by atoms with Crippen LogP contribution in [0.25, 0.3) is 0 Å². The molecule has 1 heterocycles. The molecule has 1 atom stereocenters. The fraction of sp³-hybridized carbons (Fsp3) is 0.263. The zero-order chi connectivity index (χ0) is 20.0. The van der Waals surface area contributed by atoms with E-state index in [0.717, 1.165) is 12.8 Å². The number of carbonyl (C=O) groups excluding carboxylic acids is 2. The fourth-order valence-corrected chi connectivity index (χ4v) is 3.86. The summed E-state index contributed by atoms with van der Waals surface area (Å²) in [5.41, 5.74) is 5.07. The lowest BCUT2D eigenvalue weighted by molar-refractivity contribution is 0.0846. The minimum Gasteiger partial charge on any atom is -0.377 e. The van der Waals surface area contributed by atoms with Crippen molar-refractivity contribution < 1.29 is 22.7 Å². The molecule has 28 heavy (non-hydrogen) atoms. The molecule has 2 aromatic carbocycles. The Balaban J connectivity index is 1.61. The van der Waals surface area contributed by atoms with Crippen molar-refractivity contribution in [3.05, 3.63) is 65.7 Å². The van der Waals surface area contributed by atoms with Crippen LogP contribution in [0.2, 0.25) is 0 Å². The smallest absolute Gasteiger partial charge is 0.269 e. The van der Waals surface area contributed by atoms with E-state index < -0.39 is 21.8 Å². The van der Waals surface area contributed by atoms with Gasteiger partial charge in [0.2, 0.25) is 10.0 Å². The standard InChI is InChI=1S/C19H21N3O5S/c23-18(14-6-2-1-3-7-14)21-22-19(24)15-8-4-10-17(12-15)28(25,26)20-13-16-9-5-11-27-16/h1-4,6-8,10,12,16,20H,5,9,11,13H2,(H,21,23)(H,22,24). The number of benzene rings is 2. The first-order chi connectivity index (χ1) is 13.5. The van der Waals surface area contributed by atoms with Gasteiger partial charge in [-0.05, 0) is 43.2 Å². The average molecular weight is 403 g/mol. The molecule has 0 radical (unpaired) electrons. The molecule has 1 aliphatic rings. The summed E-state index contributed by atoms with van der Waals surface area (Å²) in [5, 5.41) is 0. The predicted molar refractivity (Wildman–Crippen MR) is 102 cm³/mol. The number of hydrogen-bond acceptors (Lipinski definition) is 5. The molecule has 3 N–H and O–H groups in total. The van der Waals surface area contributed by atoms with Gasteiger partial charge in [-0.15, -0.1) is 0 Å². The molecule has 2 aromatic rings. The van der Waals surface area contributed by atoms with Crippen molar-refractivity contribution in [2.45, 2.75) is 23.8 Å². The highest BCUT2D eigenvalue weighted by molar-refractivity contribution is 7.89. The number of rotatable bonds is 6. The van der Waals surface area contributed by atoms with Crippen molar-refractivity contribution in [1.29, 1.82) is 0 Å². The third kappa shape index (κ3) is 5.16. The molecule has 1 unspecified atom stereocenters. The van der Waals surface area contributed by atoms with E-state index in [1.54, 1.807) is 30.3 Å². The molecule has 9 heteroatoms. The SMILES string of the molecule is O=C(NNC(=O)c1cccc(S(=O)(=O)NCC2CCCO2)c1)c1ccccc1. The summed E-state index contributed by atoms with van der Waals surface area (Å²) in [4.78, 5) is 24.2. The molecule has 1 aliphatic heterocycles. The van der Waals surface area contributed by atoms with Crippen LogP contribution in [-0.2, 0) is 14.8 Å². The summed E-state index contributed by atoms with van der Waals surface area (Å²) in [7, 11) is -3.78. The third-order valence-corrected chi connectivity index (χ3v) is 5.68. The number of carbonyl (C=O) groups is 2. The summed E-state index contributed by atoms with van der Waals surface area (Å²) in [6.07, 6.45) is 1.59. The quantitative estimate of drug-likeness (QED) is 0.628. The highest BCUT2D eigenvalue weighted by Gasteiger charge is 2.21. The van der Waals surface area contributed by atoms with Crippen molar-refractivity contribution in [3.8, 4) is 0 Å². The van der Waals surface area contributed by atoms with E-state index in [4.69, 9.17) is 4.74 Å². The van der Waals surface area contributed by atoms with Gasteiger partial charge in [-0.25, -0.2) is 13.1 Å². The number of sulfonamides is 1. The Labute approximate surface area is 163 Å². The van der Waals surface area contributed by atoms with Crippen LogP contribution in [0.15, 0.2) is 59.5 Å². The maximum atomic E-state index is 12.4. The van der Waals surface area contributed by atoms with Gasteiger partial charge in [0.1, 0.15) is 0 Å². The van der Waals surface area contributed by atoms with Crippen molar-refractivity contribution in [2.24, 2.45) is 0 Å². The predicted octanol–water partition coefficient (Wildman–Crippen LogP) is 1.22. The number of ether oxygens (including phenoxy) is 1. The van der Waals surface area contributed by atoms with Crippen LogP contribution in [0.3, 0.4) is 0 Å². The molecule has 0 saturated carbocycles. The summed E-state index contributed by atoms with van der Waals surface area (Å²) in [5.74, 6) is -1.10. The number of hydrazine groups is 1. The lowest BCUT2D eigenvalue weighted by Gasteiger charge is -2.12. The largest absolute Gasteiger partial charge is 0.377 e. The molecule has 148 valence electrons. The van der Waals surface area contributed by atoms with Crippen LogP contribution in [0, 0.1) is 0 Å². The Morgan fingerprint density at radius 1 is 0.964 bits per heavy atom. The lowest BCUT2D eigenvalue weighted by atomic mass is 10.2. The van der Waals surface area contributed by atoms with Gasteiger partial charge in [0, 0.05) is 24.3 Å². The van der Waals surface area contributed by atoms with Gasteiger partial charge < -0.3 is 4.74 Å². The molecular formula is C19H21N3O5S. The molecule has 2 amide bonds. The number of amides is 2. The van der Waals surface area contributed by atoms with E-state index in [0.29, 0.717) is 12.2 Å². The van der Waals surface area contributed by atoms with Gasteiger partial charge >= 0.3 is 0 Å². The first kappa shape index (κ1) is 20.0. The van der Waals surface area contributed by atoms with E-state index in [9.17, 15) is 18.0 Å². The molecule has 0 aromatic heterocycles. The Hall–Kier alpha value is -2.75. The van der Waals surface area contributed by atoms with Crippen LogP contribution in [0.1, 0.15) is 33.6 Å². The highest BCUT2D eigenvalue weighted by Crippen LogP contribution is 2.14. The topological polar surface area (TPSA) is 114 Å². The maximum absolute atomic E-state index is 12.4.